The van der Waals surface area contributed by atoms with Gasteiger partial charge in [-0.2, -0.15) is 0 Å². The number of halogens is 2. The van der Waals surface area contributed by atoms with Gasteiger partial charge in [-0.1, -0.05) is 11.3 Å². The lowest BCUT2D eigenvalue weighted by Crippen LogP contribution is -2.05. The summed E-state index contributed by atoms with van der Waals surface area (Å²) < 4.78 is 26.0. The number of anilines is 1. The fourth-order valence-electron chi connectivity index (χ4n) is 1.02. The van der Waals surface area contributed by atoms with Crippen LogP contribution in [0.25, 0.3) is 10.2 Å². The zero-order valence-electron chi connectivity index (χ0n) is 6.34. The van der Waals surface area contributed by atoms with Crippen LogP contribution in [0.1, 0.15) is 0 Å². The maximum atomic E-state index is 13.1. The van der Waals surface area contributed by atoms with Crippen LogP contribution in [-0.2, 0) is 0 Å². The van der Waals surface area contributed by atoms with Gasteiger partial charge >= 0.3 is 0 Å². The highest BCUT2D eigenvalue weighted by atomic mass is 32.1. The number of nitrogen functional groups attached to an aromatic ring is 1. The number of fused-ring (bicyclic) bond motifs is 1. The fraction of sp³-hybridized carbons (Fsp3) is 0. The number of nitrogens with zero attached hydrogens (tertiary/aromatic N) is 1. The van der Waals surface area contributed by atoms with Crippen LogP contribution in [0, 0.1) is 11.6 Å². The molecule has 0 amide bonds. The van der Waals surface area contributed by atoms with E-state index in [0.29, 0.717) is 9.83 Å². The quantitative estimate of drug-likeness (QED) is 0.547. The van der Waals surface area contributed by atoms with Crippen molar-refractivity contribution in [2.75, 3.05) is 5.43 Å². The lowest BCUT2D eigenvalue weighted by Gasteiger charge is -1.89. The molecule has 3 N–H and O–H groups in total. The molecular formula is C7H5F2N3S. The Morgan fingerprint density at radius 1 is 1.38 bits per heavy atom. The predicted octanol–water partition coefficient (Wildman–Crippen LogP) is 1.86. The highest BCUT2D eigenvalue weighted by molar-refractivity contribution is 7.22. The second kappa shape index (κ2) is 2.90. The van der Waals surface area contributed by atoms with Gasteiger partial charge in [0.1, 0.15) is 11.6 Å². The first kappa shape index (κ1) is 8.33. The van der Waals surface area contributed by atoms with Crippen molar-refractivity contribution in [3.63, 3.8) is 0 Å². The first-order valence-corrected chi connectivity index (χ1v) is 4.24. The van der Waals surface area contributed by atoms with Crippen LogP contribution >= 0.6 is 11.3 Å². The topological polar surface area (TPSA) is 50.9 Å². The average Bonchev–Trinajstić information content (AvgIpc) is 2.47. The maximum Gasteiger partial charge on any atom is 0.198 e. The summed E-state index contributed by atoms with van der Waals surface area (Å²) in [5.41, 5.74) is 2.55. The molecule has 0 aliphatic carbocycles. The minimum atomic E-state index is -0.640. The zero-order valence-corrected chi connectivity index (χ0v) is 7.16. The molecule has 3 nitrogen and oxygen atoms in total. The summed E-state index contributed by atoms with van der Waals surface area (Å²) in [5, 5.41) is 0.361. The lowest BCUT2D eigenvalue weighted by molar-refractivity contribution is 0.593. The first-order chi connectivity index (χ1) is 6.20. The zero-order chi connectivity index (χ0) is 9.42. The first-order valence-electron chi connectivity index (χ1n) is 3.43. The van der Waals surface area contributed by atoms with Gasteiger partial charge in [0.15, 0.2) is 5.13 Å². The van der Waals surface area contributed by atoms with Gasteiger partial charge in [0.25, 0.3) is 0 Å². The molecule has 0 radical (unpaired) electrons. The van der Waals surface area contributed by atoms with Crippen molar-refractivity contribution in [1.82, 2.24) is 4.98 Å². The van der Waals surface area contributed by atoms with Crippen molar-refractivity contribution in [3.8, 4) is 0 Å². The summed E-state index contributed by atoms with van der Waals surface area (Å²) in [6, 6.07) is 1.98. The molecular weight excluding hydrogens is 196 g/mol. The number of benzene rings is 1. The Labute approximate surface area is 76.2 Å². The van der Waals surface area contributed by atoms with Crippen LogP contribution in [0.15, 0.2) is 12.1 Å². The SMILES string of the molecule is NNc1nc2cc(F)cc(F)c2s1. The van der Waals surface area contributed by atoms with Gasteiger partial charge in [0.2, 0.25) is 0 Å². The summed E-state index contributed by atoms with van der Waals surface area (Å²) in [6.07, 6.45) is 0. The summed E-state index contributed by atoms with van der Waals surface area (Å²) in [4.78, 5) is 3.86. The van der Waals surface area contributed by atoms with Gasteiger partial charge in [0, 0.05) is 12.1 Å². The summed E-state index contributed by atoms with van der Waals surface area (Å²) >= 11 is 1.04. The molecule has 13 heavy (non-hydrogen) atoms. The number of rotatable bonds is 1. The molecule has 1 aromatic carbocycles. The minimum Gasteiger partial charge on any atom is -0.300 e. The number of nitrogens with one attached hydrogen (secondary N) is 1. The lowest BCUT2D eigenvalue weighted by atomic mass is 10.3. The second-order valence-corrected chi connectivity index (χ2v) is 3.40. The van der Waals surface area contributed by atoms with Crippen molar-refractivity contribution in [2.24, 2.45) is 5.84 Å². The van der Waals surface area contributed by atoms with E-state index in [1.165, 1.54) is 0 Å². The third-order valence-electron chi connectivity index (χ3n) is 1.53. The number of nitrogens with two attached hydrogens (primary N) is 1. The molecule has 2 rings (SSSR count). The van der Waals surface area contributed by atoms with Gasteiger partial charge in [-0.25, -0.2) is 19.6 Å². The standard InChI is InChI=1S/C7H5F2N3S/c8-3-1-4(9)6-5(2-3)11-7(12-10)13-6/h1-2H,10H2,(H,11,12). The molecule has 0 saturated heterocycles. The average molecular weight is 201 g/mol. The Bertz CT molecular complexity index is 454. The Morgan fingerprint density at radius 3 is 2.85 bits per heavy atom. The molecule has 0 aliphatic heterocycles. The van der Waals surface area contributed by atoms with E-state index in [2.05, 4.69) is 10.4 Å². The fourth-order valence-corrected chi connectivity index (χ4v) is 1.78. The number of hydrogen-bond acceptors (Lipinski definition) is 4. The van der Waals surface area contributed by atoms with Crippen LogP contribution in [0.3, 0.4) is 0 Å². The molecule has 0 bridgehead atoms. The van der Waals surface area contributed by atoms with E-state index < -0.39 is 11.6 Å². The Hall–Kier alpha value is -1.27. The van der Waals surface area contributed by atoms with Crippen molar-refractivity contribution in [2.45, 2.75) is 0 Å². The van der Waals surface area contributed by atoms with Gasteiger partial charge in [-0.15, -0.1) is 0 Å². The minimum absolute atomic E-state index is 0.274. The van der Waals surface area contributed by atoms with Gasteiger partial charge in [-0.3, -0.25) is 5.43 Å². The molecule has 2 aromatic rings. The predicted molar refractivity (Wildman–Crippen MR) is 47.3 cm³/mol. The number of hydrogen-bond donors (Lipinski definition) is 2. The molecule has 0 unspecified atom stereocenters. The van der Waals surface area contributed by atoms with E-state index >= 15 is 0 Å². The maximum absolute atomic E-state index is 13.1. The van der Waals surface area contributed by atoms with Crippen LogP contribution < -0.4 is 11.3 Å². The van der Waals surface area contributed by atoms with Crippen molar-refractivity contribution in [1.29, 1.82) is 0 Å². The molecule has 1 aromatic heterocycles. The van der Waals surface area contributed by atoms with E-state index in [1.807, 2.05) is 0 Å². The number of thiazole rings is 1. The van der Waals surface area contributed by atoms with Crippen LogP contribution in [0.2, 0.25) is 0 Å². The Morgan fingerprint density at radius 2 is 2.15 bits per heavy atom. The summed E-state index contributed by atoms with van der Waals surface area (Å²) in [7, 11) is 0. The molecule has 0 spiro atoms. The summed E-state index contributed by atoms with van der Waals surface area (Å²) in [5.74, 6) is 3.83. The van der Waals surface area contributed by atoms with E-state index in [0.717, 1.165) is 23.5 Å². The van der Waals surface area contributed by atoms with E-state index in [-0.39, 0.29) is 5.52 Å². The molecule has 0 atom stereocenters. The molecule has 6 heteroatoms. The van der Waals surface area contributed by atoms with Crippen LogP contribution in [0.4, 0.5) is 13.9 Å². The van der Waals surface area contributed by atoms with Gasteiger partial charge < -0.3 is 0 Å². The molecule has 68 valence electrons. The number of hydrazine groups is 1. The third kappa shape index (κ3) is 1.34. The van der Waals surface area contributed by atoms with Crippen molar-refractivity contribution >= 4 is 26.7 Å². The highest BCUT2D eigenvalue weighted by Gasteiger charge is 2.09. The molecule has 1 heterocycles. The smallest absolute Gasteiger partial charge is 0.198 e. The molecule has 0 fully saturated rings. The Kier molecular flexibility index (Phi) is 1.86. The molecule has 0 saturated carbocycles. The van der Waals surface area contributed by atoms with Gasteiger partial charge in [0.05, 0.1) is 10.2 Å². The third-order valence-corrected chi connectivity index (χ3v) is 2.54. The van der Waals surface area contributed by atoms with Crippen LogP contribution in [-0.4, -0.2) is 4.98 Å². The largest absolute Gasteiger partial charge is 0.300 e. The summed E-state index contributed by atoms with van der Waals surface area (Å²) in [6.45, 7) is 0. The number of aromatic nitrogens is 1. The van der Waals surface area contributed by atoms with E-state index in [9.17, 15) is 8.78 Å². The van der Waals surface area contributed by atoms with Gasteiger partial charge in [-0.05, 0) is 0 Å². The van der Waals surface area contributed by atoms with E-state index in [1.54, 1.807) is 0 Å². The van der Waals surface area contributed by atoms with Crippen molar-refractivity contribution in [3.05, 3.63) is 23.8 Å². The molecule has 0 aliphatic rings. The highest BCUT2D eigenvalue weighted by Crippen LogP contribution is 2.28. The monoisotopic (exact) mass is 201 g/mol. The Balaban J connectivity index is 2.75. The second-order valence-electron chi connectivity index (χ2n) is 2.40. The van der Waals surface area contributed by atoms with Crippen molar-refractivity contribution < 1.29 is 8.78 Å². The van der Waals surface area contributed by atoms with Crippen LogP contribution in [0.5, 0.6) is 0 Å². The normalized spacial score (nSPS) is 10.7. The van der Waals surface area contributed by atoms with E-state index in [4.69, 9.17) is 5.84 Å².